The van der Waals surface area contributed by atoms with Crippen LogP contribution in [0.4, 0.5) is 0 Å². The van der Waals surface area contributed by atoms with Gasteiger partial charge in [-0.15, -0.1) is 24.0 Å². The van der Waals surface area contributed by atoms with Crippen molar-refractivity contribution in [1.29, 1.82) is 0 Å². The highest BCUT2D eigenvalue weighted by molar-refractivity contribution is 14.0. The van der Waals surface area contributed by atoms with Gasteiger partial charge in [0.15, 0.2) is 15.8 Å². The first kappa shape index (κ1) is 24.2. The van der Waals surface area contributed by atoms with E-state index in [0.717, 1.165) is 38.3 Å². The van der Waals surface area contributed by atoms with Gasteiger partial charge in [0.2, 0.25) is 0 Å². The maximum absolute atomic E-state index is 11.7. The predicted octanol–water partition coefficient (Wildman–Crippen LogP) is 3.21. The quantitative estimate of drug-likeness (QED) is 0.346. The number of piperidine rings is 1. The number of nitrogens with one attached hydrogen (secondary N) is 1. The number of halogens is 1. The van der Waals surface area contributed by atoms with Crippen molar-refractivity contribution >= 4 is 39.8 Å². The van der Waals surface area contributed by atoms with Crippen LogP contribution in [0.5, 0.6) is 0 Å². The maximum atomic E-state index is 11.7. The highest BCUT2D eigenvalue weighted by Gasteiger charge is 2.30. The normalized spacial score (nSPS) is 27.0. The summed E-state index contributed by atoms with van der Waals surface area (Å²) >= 11 is 0. The lowest BCUT2D eigenvalue weighted by Gasteiger charge is -2.37. The topological polar surface area (TPSA) is 71.0 Å². The average Bonchev–Trinajstić information content (AvgIpc) is 3.20. The number of likely N-dealkylation sites (tertiary alicyclic amines) is 1. The minimum atomic E-state index is -2.84. The third-order valence-electron chi connectivity index (χ3n) is 5.78. The fraction of sp³-hybridized carbons (Fsp3) is 0.950. The number of ether oxygens (including phenoxy) is 1. The Morgan fingerprint density at radius 3 is 2.29 bits per heavy atom. The Balaban J connectivity index is 0.00000280. The van der Waals surface area contributed by atoms with Crippen LogP contribution in [-0.4, -0.2) is 68.2 Å². The Hall–Kier alpha value is -0.0900. The van der Waals surface area contributed by atoms with Gasteiger partial charge in [-0.1, -0.05) is 12.8 Å². The molecule has 8 heteroatoms. The first-order valence-electron chi connectivity index (χ1n) is 10.6. The molecule has 1 atom stereocenters. The van der Waals surface area contributed by atoms with Crippen molar-refractivity contribution in [2.24, 2.45) is 10.9 Å². The molecule has 2 saturated heterocycles. The van der Waals surface area contributed by atoms with Crippen molar-refractivity contribution in [3.8, 4) is 0 Å². The molecule has 2 aliphatic heterocycles. The number of nitrogens with zero attached hydrogens (tertiary/aromatic N) is 2. The predicted molar refractivity (Wildman–Crippen MR) is 125 cm³/mol. The molecule has 3 aliphatic rings. The van der Waals surface area contributed by atoms with E-state index in [2.05, 4.69) is 31.0 Å². The van der Waals surface area contributed by atoms with Crippen molar-refractivity contribution in [3.05, 3.63) is 0 Å². The van der Waals surface area contributed by atoms with E-state index in [4.69, 9.17) is 9.73 Å². The molecule has 0 aromatic heterocycles. The molecule has 28 heavy (non-hydrogen) atoms. The SMILES string of the molecule is CC(C)(C)OC1CCN(C(=NCC2CCS(=O)(=O)C2)NC2CCCC2)CC1.I. The summed E-state index contributed by atoms with van der Waals surface area (Å²) in [6.45, 7) is 8.86. The molecule has 0 bridgehead atoms. The van der Waals surface area contributed by atoms with Crippen LogP contribution in [-0.2, 0) is 14.6 Å². The Labute approximate surface area is 188 Å². The van der Waals surface area contributed by atoms with Gasteiger partial charge in [-0.3, -0.25) is 4.99 Å². The summed E-state index contributed by atoms with van der Waals surface area (Å²) in [5, 5.41) is 3.68. The van der Waals surface area contributed by atoms with Gasteiger partial charge >= 0.3 is 0 Å². The summed E-state index contributed by atoms with van der Waals surface area (Å²) < 4.78 is 29.6. The molecule has 1 saturated carbocycles. The molecule has 0 radical (unpaired) electrons. The van der Waals surface area contributed by atoms with Crippen LogP contribution in [0.25, 0.3) is 0 Å². The lowest BCUT2D eigenvalue weighted by atomic mass is 10.1. The Bertz CT molecular complexity index is 619. The highest BCUT2D eigenvalue weighted by Crippen LogP contribution is 2.23. The van der Waals surface area contributed by atoms with Crippen LogP contribution in [0.15, 0.2) is 4.99 Å². The first-order valence-corrected chi connectivity index (χ1v) is 12.5. The zero-order valence-corrected chi connectivity index (χ0v) is 20.8. The van der Waals surface area contributed by atoms with E-state index in [9.17, 15) is 8.42 Å². The van der Waals surface area contributed by atoms with E-state index in [1.54, 1.807) is 0 Å². The van der Waals surface area contributed by atoms with Crippen molar-refractivity contribution in [2.45, 2.75) is 83.5 Å². The van der Waals surface area contributed by atoms with E-state index in [1.807, 2.05) is 0 Å². The van der Waals surface area contributed by atoms with E-state index in [1.165, 1.54) is 25.7 Å². The summed E-state index contributed by atoms with van der Waals surface area (Å²) in [5.74, 6) is 1.79. The van der Waals surface area contributed by atoms with Crippen LogP contribution in [0, 0.1) is 5.92 Å². The standard InChI is InChI=1S/C20H37N3O3S.HI/c1-20(2,3)26-18-8-11-23(12-9-18)19(22-17-6-4-5-7-17)21-14-16-10-13-27(24,25)15-16;/h16-18H,4-15H2,1-3H3,(H,21,22);1H. The largest absolute Gasteiger partial charge is 0.372 e. The molecule has 3 rings (SSSR count). The van der Waals surface area contributed by atoms with E-state index in [0.29, 0.717) is 30.2 Å². The molecule has 0 aromatic rings. The minimum Gasteiger partial charge on any atom is -0.372 e. The fourth-order valence-corrected chi connectivity index (χ4v) is 6.26. The second kappa shape index (κ2) is 10.3. The second-order valence-electron chi connectivity index (χ2n) is 9.48. The number of hydrogen-bond acceptors (Lipinski definition) is 4. The third kappa shape index (κ3) is 7.63. The van der Waals surface area contributed by atoms with Crippen molar-refractivity contribution < 1.29 is 13.2 Å². The Morgan fingerprint density at radius 1 is 1.11 bits per heavy atom. The van der Waals surface area contributed by atoms with Crippen LogP contribution < -0.4 is 5.32 Å². The summed E-state index contributed by atoms with van der Waals surface area (Å²) in [7, 11) is -2.84. The number of hydrogen-bond donors (Lipinski definition) is 1. The van der Waals surface area contributed by atoms with Gasteiger partial charge in [0.05, 0.1) is 23.2 Å². The lowest BCUT2D eigenvalue weighted by molar-refractivity contribution is -0.0773. The van der Waals surface area contributed by atoms with E-state index in [-0.39, 0.29) is 35.5 Å². The maximum Gasteiger partial charge on any atom is 0.194 e. The molecule has 1 unspecified atom stereocenters. The number of sulfone groups is 1. The van der Waals surface area contributed by atoms with Gasteiger partial charge in [0.25, 0.3) is 0 Å². The molecule has 3 fully saturated rings. The smallest absolute Gasteiger partial charge is 0.194 e. The molecular formula is C20H38IN3O3S. The number of aliphatic imine (C=N–C) groups is 1. The molecule has 6 nitrogen and oxygen atoms in total. The van der Waals surface area contributed by atoms with Gasteiger partial charge < -0.3 is 15.0 Å². The van der Waals surface area contributed by atoms with Gasteiger partial charge in [0, 0.05) is 25.7 Å². The van der Waals surface area contributed by atoms with Gasteiger partial charge in [-0.25, -0.2) is 8.42 Å². The van der Waals surface area contributed by atoms with Gasteiger partial charge in [-0.2, -0.15) is 0 Å². The summed E-state index contributed by atoms with van der Waals surface area (Å²) in [6, 6.07) is 0.514. The average molecular weight is 528 g/mol. The van der Waals surface area contributed by atoms with Crippen molar-refractivity contribution in [2.75, 3.05) is 31.1 Å². The lowest BCUT2D eigenvalue weighted by Crippen LogP contribution is -2.50. The third-order valence-corrected chi connectivity index (χ3v) is 7.61. The van der Waals surface area contributed by atoms with E-state index >= 15 is 0 Å². The summed E-state index contributed by atoms with van der Waals surface area (Å²) in [5.41, 5.74) is -0.0974. The van der Waals surface area contributed by atoms with Crippen molar-refractivity contribution in [1.82, 2.24) is 10.2 Å². The van der Waals surface area contributed by atoms with E-state index < -0.39 is 9.84 Å². The Morgan fingerprint density at radius 2 is 1.75 bits per heavy atom. The minimum absolute atomic E-state index is 0. The monoisotopic (exact) mass is 527 g/mol. The first-order chi connectivity index (χ1) is 12.7. The zero-order chi connectivity index (χ0) is 19.5. The molecule has 0 spiro atoms. The molecular weight excluding hydrogens is 489 g/mol. The zero-order valence-electron chi connectivity index (χ0n) is 17.7. The van der Waals surface area contributed by atoms with Crippen LogP contribution in [0.2, 0.25) is 0 Å². The van der Waals surface area contributed by atoms with Gasteiger partial charge in [0.1, 0.15) is 0 Å². The van der Waals surface area contributed by atoms with Crippen LogP contribution in [0.3, 0.4) is 0 Å². The molecule has 2 heterocycles. The summed E-state index contributed by atoms with van der Waals surface area (Å²) in [6.07, 6.45) is 8.08. The van der Waals surface area contributed by atoms with Gasteiger partial charge in [-0.05, 0) is 58.8 Å². The molecule has 0 amide bonds. The number of rotatable bonds is 4. The molecule has 1 aliphatic carbocycles. The molecule has 164 valence electrons. The Kier molecular flexibility index (Phi) is 8.88. The fourth-order valence-electron chi connectivity index (χ4n) is 4.41. The molecule has 0 aromatic carbocycles. The van der Waals surface area contributed by atoms with Crippen LogP contribution in [0.1, 0.15) is 65.7 Å². The van der Waals surface area contributed by atoms with Crippen molar-refractivity contribution in [3.63, 3.8) is 0 Å². The number of guanidine groups is 1. The van der Waals surface area contributed by atoms with Crippen LogP contribution >= 0.6 is 24.0 Å². The summed E-state index contributed by atoms with van der Waals surface area (Å²) in [4.78, 5) is 7.24. The molecule has 1 N–H and O–H groups in total. The second-order valence-corrected chi connectivity index (χ2v) is 11.7. The highest BCUT2D eigenvalue weighted by atomic mass is 127.